The Morgan fingerprint density at radius 2 is 1.89 bits per heavy atom. The van der Waals surface area contributed by atoms with Crippen LogP contribution in [0.4, 0.5) is 5.69 Å². The van der Waals surface area contributed by atoms with Crippen molar-refractivity contribution in [1.29, 1.82) is 0 Å². The van der Waals surface area contributed by atoms with E-state index in [0.717, 1.165) is 0 Å². The molecule has 1 aromatic heterocycles. The fourth-order valence-electron chi connectivity index (χ4n) is 2.12. The summed E-state index contributed by atoms with van der Waals surface area (Å²) in [5, 5.41) is 11.9. The summed E-state index contributed by atoms with van der Waals surface area (Å²) in [6.07, 6.45) is 0. The number of aromatic nitrogens is 1. The predicted octanol–water partition coefficient (Wildman–Crippen LogP) is 3.24. The van der Waals surface area contributed by atoms with Crippen LogP contribution in [0.1, 0.15) is 0 Å². The number of nitro benzene ring substituents is 1. The molecule has 0 saturated carbocycles. The van der Waals surface area contributed by atoms with Crippen LogP contribution in [0.15, 0.2) is 41.2 Å². The fourth-order valence-corrected chi connectivity index (χ4v) is 2.33. The molecule has 0 bridgehead atoms. The van der Waals surface area contributed by atoms with Gasteiger partial charge in [0.25, 0.3) is 5.69 Å². The number of fused-ring (bicyclic) bond motifs is 2. The van der Waals surface area contributed by atoms with Gasteiger partial charge < -0.3 is 4.98 Å². The van der Waals surface area contributed by atoms with Crippen molar-refractivity contribution in [3.05, 3.63) is 61.8 Å². The van der Waals surface area contributed by atoms with Crippen LogP contribution < -0.4 is 5.43 Å². The minimum absolute atomic E-state index is 0.167. The van der Waals surface area contributed by atoms with Crippen molar-refractivity contribution in [3.8, 4) is 0 Å². The molecule has 0 unspecified atom stereocenters. The van der Waals surface area contributed by atoms with E-state index in [-0.39, 0.29) is 27.0 Å². The molecule has 3 rings (SSSR count). The van der Waals surface area contributed by atoms with Crippen LogP contribution >= 0.6 is 11.6 Å². The number of hydrogen-bond acceptors (Lipinski definition) is 3. The van der Waals surface area contributed by atoms with Crippen molar-refractivity contribution in [2.24, 2.45) is 0 Å². The molecule has 1 heterocycles. The number of non-ortho nitro benzene ring substituents is 1. The Bertz CT molecular complexity index is 886. The summed E-state index contributed by atoms with van der Waals surface area (Å²) in [4.78, 5) is 25.7. The second-order valence-electron chi connectivity index (χ2n) is 4.10. The summed E-state index contributed by atoms with van der Waals surface area (Å²) in [6.45, 7) is 0. The van der Waals surface area contributed by atoms with Gasteiger partial charge in [0, 0.05) is 22.0 Å². The number of halogens is 1. The number of benzene rings is 2. The zero-order valence-electron chi connectivity index (χ0n) is 9.51. The van der Waals surface area contributed by atoms with E-state index in [2.05, 4.69) is 4.98 Å². The molecule has 0 saturated heterocycles. The van der Waals surface area contributed by atoms with E-state index < -0.39 is 4.92 Å². The molecule has 3 aromatic rings. The molecular weight excluding hydrogens is 268 g/mol. The van der Waals surface area contributed by atoms with Gasteiger partial charge >= 0.3 is 0 Å². The molecule has 1 N–H and O–H groups in total. The number of rotatable bonds is 1. The zero-order chi connectivity index (χ0) is 13.6. The quantitative estimate of drug-likeness (QED) is 0.420. The number of aromatic amines is 1. The van der Waals surface area contributed by atoms with Gasteiger partial charge in [-0.25, -0.2) is 0 Å². The first-order valence-corrected chi connectivity index (χ1v) is 5.84. The lowest BCUT2D eigenvalue weighted by molar-refractivity contribution is -0.383. The third kappa shape index (κ3) is 1.75. The fraction of sp³-hybridized carbons (Fsp3) is 0. The Morgan fingerprint density at radius 1 is 1.16 bits per heavy atom. The molecule has 0 fully saturated rings. The van der Waals surface area contributed by atoms with E-state index in [1.165, 1.54) is 12.1 Å². The standard InChI is InChI=1S/C13H7ClN2O3/c14-7-5-9-12(11(6-7)16(18)19)15-10-4-2-1-3-8(10)13(9)17/h1-6H,(H,15,17). The highest BCUT2D eigenvalue weighted by Crippen LogP contribution is 2.28. The lowest BCUT2D eigenvalue weighted by Crippen LogP contribution is -2.05. The lowest BCUT2D eigenvalue weighted by atomic mass is 10.1. The molecular formula is C13H7ClN2O3. The van der Waals surface area contributed by atoms with Crippen LogP contribution in [0.2, 0.25) is 5.02 Å². The summed E-state index contributed by atoms with van der Waals surface area (Å²) >= 11 is 5.83. The first-order valence-electron chi connectivity index (χ1n) is 5.46. The first-order chi connectivity index (χ1) is 9.08. The number of nitrogens with zero attached hydrogens (tertiary/aromatic N) is 1. The van der Waals surface area contributed by atoms with Gasteiger partial charge in [0.15, 0.2) is 5.43 Å². The highest BCUT2D eigenvalue weighted by atomic mass is 35.5. The Labute approximate surface area is 111 Å². The van der Waals surface area contributed by atoms with Crippen LogP contribution in [0.25, 0.3) is 21.8 Å². The van der Waals surface area contributed by atoms with Crippen LogP contribution in [-0.4, -0.2) is 9.91 Å². The number of H-pyrrole nitrogens is 1. The summed E-state index contributed by atoms with van der Waals surface area (Å²) < 4.78 is 0. The molecule has 94 valence electrons. The second kappa shape index (κ2) is 4.07. The van der Waals surface area contributed by atoms with Gasteiger partial charge in [-0.1, -0.05) is 23.7 Å². The first kappa shape index (κ1) is 11.7. The summed E-state index contributed by atoms with van der Waals surface area (Å²) in [6, 6.07) is 9.53. The summed E-state index contributed by atoms with van der Waals surface area (Å²) in [5.41, 5.74) is 0.281. The van der Waals surface area contributed by atoms with Crippen molar-refractivity contribution in [2.45, 2.75) is 0 Å². The molecule has 5 nitrogen and oxygen atoms in total. The van der Waals surface area contributed by atoms with E-state index in [4.69, 9.17) is 11.6 Å². The maximum absolute atomic E-state index is 12.3. The van der Waals surface area contributed by atoms with Gasteiger partial charge in [-0.15, -0.1) is 0 Å². The summed E-state index contributed by atoms with van der Waals surface area (Å²) in [5.74, 6) is 0. The van der Waals surface area contributed by atoms with Crippen LogP contribution in [0.5, 0.6) is 0 Å². The third-order valence-electron chi connectivity index (χ3n) is 2.95. The average molecular weight is 275 g/mol. The highest BCUT2D eigenvalue weighted by Gasteiger charge is 2.17. The van der Waals surface area contributed by atoms with Gasteiger partial charge in [0.2, 0.25) is 0 Å². The van der Waals surface area contributed by atoms with Gasteiger partial charge in [0.05, 0.1) is 10.3 Å². The van der Waals surface area contributed by atoms with Crippen LogP contribution in [0, 0.1) is 10.1 Å². The van der Waals surface area contributed by atoms with Crippen LogP contribution in [-0.2, 0) is 0 Å². The van der Waals surface area contributed by atoms with E-state index in [0.29, 0.717) is 10.9 Å². The van der Waals surface area contributed by atoms with E-state index in [9.17, 15) is 14.9 Å². The molecule has 0 aliphatic carbocycles. The third-order valence-corrected chi connectivity index (χ3v) is 3.17. The minimum Gasteiger partial charge on any atom is -0.349 e. The van der Waals surface area contributed by atoms with Gasteiger partial charge in [-0.2, -0.15) is 0 Å². The second-order valence-corrected chi connectivity index (χ2v) is 4.54. The Hall–Kier alpha value is -2.40. The maximum atomic E-state index is 12.3. The summed E-state index contributed by atoms with van der Waals surface area (Å²) in [7, 11) is 0. The highest BCUT2D eigenvalue weighted by molar-refractivity contribution is 6.31. The molecule has 0 radical (unpaired) electrons. The zero-order valence-corrected chi connectivity index (χ0v) is 10.3. The molecule has 2 aromatic carbocycles. The Morgan fingerprint density at radius 3 is 2.63 bits per heavy atom. The molecule has 6 heteroatoms. The van der Waals surface area contributed by atoms with Gasteiger partial charge in [0.1, 0.15) is 5.52 Å². The van der Waals surface area contributed by atoms with Gasteiger partial charge in [-0.3, -0.25) is 14.9 Å². The van der Waals surface area contributed by atoms with E-state index in [1.807, 2.05) is 0 Å². The number of pyridine rings is 1. The van der Waals surface area contributed by atoms with E-state index in [1.54, 1.807) is 24.3 Å². The SMILES string of the molecule is O=c1c2ccccc2[nH]c2c([N+](=O)[O-])cc(Cl)cc12. The van der Waals surface area contributed by atoms with Crippen molar-refractivity contribution < 1.29 is 4.92 Å². The molecule has 0 aliphatic heterocycles. The normalized spacial score (nSPS) is 11.0. The Balaban J connectivity index is 2.61. The van der Waals surface area contributed by atoms with Crippen molar-refractivity contribution in [2.75, 3.05) is 0 Å². The number of para-hydroxylation sites is 1. The Kier molecular flexibility index (Phi) is 2.50. The number of nitrogens with one attached hydrogen (secondary N) is 1. The number of nitro groups is 1. The topological polar surface area (TPSA) is 76.0 Å². The predicted molar refractivity (Wildman–Crippen MR) is 73.7 cm³/mol. The smallest absolute Gasteiger partial charge is 0.294 e. The largest absolute Gasteiger partial charge is 0.349 e. The van der Waals surface area contributed by atoms with Gasteiger partial charge in [-0.05, 0) is 18.2 Å². The van der Waals surface area contributed by atoms with Crippen molar-refractivity contribution in [1.82, 2.24) is 4.98 Å². The van der Waals surface area contributed by atoms with Crippen LogP contribution in [0.3, 0.4) is 0 Å². The minimum atomic E-state index is -0.557. The molecule has 19 heavy (non-hydrogen) atoms. The monoisotopic (exact) mass is 274 g/mol. The lowest BCUT2D eigenvalue weighted by Gasteiger charge is -2.03. The molecule has 0 spiro atoms. The maximum Gasteiger partial charge on any atom is 0.294 e. The molecule has 0 atom stereocenters. The number of hydrogen-bond donors (Lipinski definition) is 1. The van der Waals surface area contributed by atoms with E-state index >= 15 is 0 Å². The van der Waals surface area contributed by atoms with Crippen molar-refractivity contribution >= 4 is 39.1 Å². The van der Waals surface area contributed by atoms with Crippen molar-refractivity contribution in [3.63, 3.8) is 0 Å². The molecule has 0 aliphatic rings. The average Bonchev–Trinajstić information content (AvgIpc) is 2.39. The molecule has 0 amide bonds.